The SMILES string of the molecule is COc1ccc(Cl)cc1S(=O)(=O)N1CCN(c2ccc(-c3ccc(C)cc3)nn2)CC1. The largest absolute Gasteiger partial charge is 0.495 e. The van der Waals surface area contributed by atoms with Gasteiger partial charge in [-0.2, -0.15) is 4.31 Å². The number of benzene rings is 2. The van der Waals surface area contributed by atoms with E-state index in [1.165, 1.54) is 23.0 Å². The molecule has 0 unspecified atom stereocenters. The van der Waals surface area contributed by atoms with E-state index in [4.69, 9.17) is 16.3 Å². The van der Waals surface area contributed by atoms with Crippen LogP contribution in [-0.4, -0.2) is 56.2 Å². The standard InChI is InChI=1S/C22H23ClN4O3S/c1-16-3-5-17(6-4-16)19-8-10-22(25-24-19)26-11-13-27(14-12-26)31(28,29)21-15-18(23)7-9-20(21)30-2/h3-10,15H,11-14H2,1-2H3. The maximum Gasteiger partial charge on any atom is 0.246 e. The minimum Gasteiger partial charge on any atom is -0.495 e. The Labute approximate surface area is 187 Å². The Morgan fingerprint density at radius 3 is 2.26 bits per heavy atom. The van der Waals surface area contributed by atoms with Crippen molar-refractivity contribution in [2.75, 3.05) is 38.2 Å². The van der Waals surface area contributed by atoms with Gasteiger partial charge in [-0.05, 0) is 37.3 Å². The summed E-state index contributed by atoms with van der Waals surface area (Å²) in [6.45, 7) is 3.74. The van der Waals surface area contributed by atoms with Crippen LogP contribution in [0.2, 0.25) is 5.02 Å². The number of hydrogen-bond donors (Lipinski definition) is 0. The fraction of sp³-hybridized carbons (Fsp3) is 0.273. The maximum atomic E-state index is 13.1. The van der Waals surface area contributed by atoms with Gasteiger partial charge in [-0.25, -0.2) is 8.42 Å². The first-order chi connectivity index (χ1) is 14.9. The average molecular weight is 459 g/mol. The average Bonchev–Trinajstić information content (AvgIpc) is 2.80. The molecule has 2 heterocycles. The Hall–Kier alpha value is -2.68. The maximum absolute atomic E-state index is 13.1. The van der Waals surface area contributed by atoms with E-state index in [2.05, 4.69) is 10.2 Å². The van der Waals surface area contributed by atoms with Crippen molar-refractivity contribution >= 4 is 27.4 Å². The molecule has 0 spiro atoms. The van der Waals surface area contributed by atoms with Crippen molar-refractivity contribution < 1.29 is 13.2 Å². The lowest BCUT2D eigenvalue weighted by molar-refractivity contribution is 0.373. The lowest BCUT2D eigenvalue weighted by Gasteiger charge is -2.34. The smallest absolute Gasteiger partial charge is 0.246 e. The van der Waals surface area contributed by atoms with E-state index in [-0.39, 0.29) is 10.6 Å². The van der Waals surface area contributed by atoms with Crippen molar-refractivity contribution in [2.24, 2.45) is 0 Å². The highest BCUT2D eigenvalue weighted by Gasteiger charge is 2.31. The number of ether oxygens (including phenoxy) is 1. The number of aromatic nitrogens is 2. The molecular formula is C22H23ClN4O3S. The zero-order valence-electron chi connectivity index (χ0n) is 17.3. The highest BCUT2D eigenvalue weighted by atomic mass is 35.5. The summed E-state index contributed by atoms with van der Waals surface area (Å²) in [5, 5.41) is 9.05. The molecule has 0 amide bonds. The quantitative estimate of drug-likeness (QED) is 0.581. The van der Waals surface area contributed by atoms with Gasteiger partial charge in [0.1, 0.15) is 10.6 Å². The molecule has 3 aromatic rings. The molecule has 31 heavy (non-hydrogen) atoms. The molecule has 2 aromatic carbocycles. The summed E-state index contributed by atoms with van der Waals surface area (Å²) in [5.74, 6) is 1.01. The zero-order valence-corrected chi connectivity index (χ0v) is 18.9. The van der Waals surface area contributed by atoms with Gasteiger partial charge in [0.15, 0.2) is 5.82 Å². The Morgan fingerprint density at radius 1 is 0.935 bits per heavy atom. The Balaban J connectivity index is 1.46. The normalized spacial score (nSPS) is 15.1. The summed E-state index contributed by atoms with van der Waals surface area (Å²) in [7, 11) is -2.27. The molecule has 7 nitrogen and oxygen atoms in total. The third kappa shape index (κ3) is 4.51. The molecule has 1 aliphatic heterocycles. The second kappa shape index (κ2) is 8.82. The van der Waals surface area contributed by atoms with Crippen molar-refractivity contribution in [2.45, 2.75) is 11.8 Å². The first kappa shape index (κ1) is 21.5. The third-order valence-electron chi connectivity index (χ3n) is 5.30. The fourth-order valence-electron chi connectivity index (χ4n) is 3.52. The highest BCUT2D eigenvalue weighted by Crippen LogP contribution is 2.30. The first-order valence-corrected chi connectivity index (χ1v) is 11.7. The summed E-state index contributed by atoms with van der Waals surface area (Å²) >= 11 is 6.02. The van der Waals surface area contributed by atoms with Crippen LogP contribution in [0.5, 0.6) is 5.75 Å². The van der Waals surface area contributed by atoms with Crippen LogP contribution in [0.15, 0.2) is 59.5 Å². The molecule has 1 aliphatic rings. The first-order valence-electron chi connectivity index (χ1n) is 9.88. The summed E-state index contributed by atoms with van der Waals surface area (Å²) in [6.07, 6.45) is 0. The van der Waals surface area contributed by atoms with Gasteiger partial charge in [0.25, 0.3) is 0 Å². The number of nitrogens with zero attached hydrogens (tertiary/aromatic N) is 4. The van der Waals surface area contributed by atoms with E-state index in [0.717, 1.165) is 17.1 Å². The van der Waals surface area contributed by atoms with Crippen molar-refractivity contribution in [3.63, 3.8) is 0 Å². The molecule has 1 saturated heterocycles. The van der Waals surface area contributed by atoms with Gasteiger partial charge in [0.2, 0.25) is 10.0 Å². The molecule has 162 valence electrons. The highest BCUT2D eigenvalue weighted by molar-refractivity contribution is 7.89. The Bertz CT molecular complexity index is 1160. The number of sulfonamides is 1. The molecule has 1 fully saturated rings. The second-order valence-corrected chi connectivity index (χ2v) is 9.67. The predicted molar refractivity (Wildman–Crippen MR) is 121 cm³/mol. The molecule has 0 saturated carbocycles. The number of piperazine rings is 1. The molecule has 0 radical (unpaired) electrons. The molecule has 0 atom stereocenters. The molecule has 9 heteroatoms. The number of anilines is 1. The minimum atomic E-state index is -3.72. The van der Waals surface area contributed by atoms with E-state index in [0.29, 0.717) is 31.2 Å². The zero-order chi connectivity index (χ0) is 22.0. The number of methoxy groups -OCH3 is 1. The van der Waals surface area contributed by atoms with Gasteiger partial charge in [-0.1, -0.05) is 41.4 Å². The van der Waals surface area contributed by atoms with Crippen LogP contribution < -0.4 is 9.64 Å². The number of halogens is 1. The van der Waals surface area contributed by atoms with E-state index < -0.39 is 10.0 Å². The Kier molecular flexibility index (Phi) is 6.13. The van der Waals surface area contributed by atoms with Crippen LogP contribution in [0.1, 0.15) is 5.56 Å². The van der Waals surface area contributed by atoms with E-state index in [9.17, 15) is 8.42 Å². The van der Waals surface area contributed by atoms with Gasteiger partial charge in [0.05, 0.1) is 12.8 Å². The van der Waals surface area contributed by atoms with Gasteiger partial charge in [-0.15, -0.1) is 10.2 Å². The lowest BCUT2D eigenvalue weighted by atomic mass is 10.1. The van der Waals surface area contributed by atoms with Crippen molar-refractivity contribution in [3.8, 4) is 17.0 Å². The molecule has 1 aromatic heterocycles. The number of rotatable bonds is 5. The number of hydrogen-bond acceptors (Lipinski definition) is 6. The summed E-state index contributed by atoms with van der Waals surface area (Å²) in [5.41, 5.74) is 3.01. The minimum absolute atomic E-state index is 0.0817. The van der Waals surface area contributed by atoms with E-state index in [1.54, 1.807) is 12.1 Å². The number of aryl methyl sites for hydroxylation is 1. The summed E-state index contributed by atoms with van der Waals surface area (Å²) in [6, 6.07) is 16.6. The molecule has 4 rings (SSSR count). The fourth-order valence-corrected chi connectivity index (χ4v) is 5.36. The van der Waals surface area contributed by atoms with Crippen LogP contribution in [0.25, 0.3) is 11.3 Å². The van der Waals surface area contributed by atoms with Gasteiger partial charge < -0.3 is 9.64 Å². The topological polar surface area (TPSA) is 75.6 Å². The van der Waals surface area contributed by atoms with Crippen molar-refractivity contribution in [3.05, 3.63) is 65.2 Å². The monoisotopic (exact) mass is 458 g/mol. The lowest BCUT2D eigenvalue weighted by Crippen LogP contribution is -2.49. The third-order valence-corrected chi connectivity index (χ3v) is 7.46. The molecule has 0 bridgehead atoms. The molecule has 0 aliphatic carbocycles. The molecule has 0 N–H and O–H groups in total. The van der Waals surface area contributed by atoms with Crippen molar-refractivity contribution in [1.82, 2.24) is 14.5 Å². The van der Waals surface area contributed by atoms with Crippen LogP contribution >= 0.6 is 11.6 Å². The van der Waals surface area contributed by atoms with Crippen LogP contribution in [-0.2, 0) is 10.0 Å². The van der Waals surface area contributed by atoms with Gasteiger partial charge >= 0.3 is 0 Å². The van der Waals surface area contributed by atoms with E-state index in [1.807, 2.05) is 48.2 Å². The Morgan fingerprint density at radius 2 is 1.65 bits per heavy atom. The summed E-state index contributed by atoms with van der Waals surface area (Å²) < 4.78 is 32.9. The van der Waals surface area contributed by atoms with Crippen molar-refractivity contribution in [1.29, 1.82) is 0 Å². The van der Waals surface area contributed by atoms with Crippen LogP contribution in [0.4, 0.5) is 5.82 Å². The van der Waals surface area contributed by atoms with Gasteiger partial charge in [0, 0.05) is 36.8 Å². The predicted octanol–water partition coefficient (Wildman–Crippen LogP) is 3.62. The summed E-state index contributed by atoms with van der Waals surface area (Å²) in [4.78, 5) is 2.12. The van der Waals surface area contributed by atoms with E-state index >= 15 is 0 Å². The van der Waals surface area contributed by atoms with Crippen LogP contribution in [0.3, 0.4) is 0 Å². The van der Waals surface area contributed by atoms with Gasteiger partial charge in [-0.3, -0.25) is 0 Å². The molecular weight excluding hydrogens is 436 g/mol. The second-order valence-electron chi connectivity index (χ2n) is 7.33. The van der Waals surface area contributed by atoms with Crippen LogP contribution in [0, 0.1) is 6.92 Å².